The Bertz CT molecular complexity index is 481. The van der Waals surface area contributed by atoms with Crippen LogP contribution in [0.5, 0.6) is 0 Å². The van der Waals surface area contributed by atoms with Crippen molar-refractivity contribution in [3.63, 3.8) is 0 Å². The van der Waals surface area contributed by atoms with E-state index in [1.54, 1.807) is 6.07 Å². The Morgan fingerprint density at radius 2 is 2.19 bits per heavy atom. The van der Waals surface area contributed by atoms with Crippen molar-refractivity contribution in [2.24, 2.45) is 4.99 Å². The molecule has 0 aromatic heterocycles. The lowest BCUT2D eigenvalue weighted by molar-refractivity contribution is 0.246. The van der Waals surface area contributed by atoms with Gasteiger partial charge in [-0.1, -0.05) is 27.5 Å². The van der Waals surface area contributed by atoms with E-state index in [0.717, 1.165) is 6.42 Å². The first-order valence-electron chi connectivity index (χ1n) is 4.84. The number of isocyanates is 1. The highest BCUT2D eigenvalue weighted by molar-refractivity contribution is 9.10. The molecule has 0 N–H and O–H groups in total. The Balaban J connectivity index is 2.62. The number of nitrogens with zero attached hydrogens (tertiary/aromatic N) is 1. The molecule has 5 heteroatoms. The van der Waals surface area contributed by atoms with Crippen LogP contribution < -0.4 is 0 Å². The van der Waals surface area contributed by atoms with E-state index >= 15 is 0 Å². The molecule has 0 bridgehead atoms. The molecule has 84 valence electrons. The Morgan fingerprint density at radius 1 is 1.50 bits per heavy atom. The minimum absolute atomic E-state index is 0.0468. The summed E-state index contributed by atoms with van der Waals surface area (Å²) in [6, 6.07) is 3.14. The van der Waals surface area contributed by atoms with Crippen LogP contribution in [0.2, 0.25) is 5.02 Å². The third kappa shape index (κ3) is 1.71. The standard InChI is InChI=1S/C11H8BrClFNO/c12-7-2-3-8(13)10(14)9(7)11(15-6-16)4-1-5-11/h2-3H,1,4-5H2. The van der Waals surface area contributed by atoms with Crippen molar-refractivity contribution >= 4 is 33.6 Å². The Morgan fingerprint density at radius 3 is 2.69 bits per heavy atom. The predicted molar refractivity (Wildman–Crippen MR) is 62.8 cm³/mol. The first-order valence-corrected chi connectivity index (χ1v) is 6.01. The number of carbonyl (C=O) groups excluding carboxylic acids is 1. The lowest BCUT2D eigenvalue weighted by Gasteiger charge is -2.38. The van der Waals surface area contributed by atoms with Crippen LogP contribution in [0.15, 0.2) is 21.6 Å². The summed E-state index contributed by atoms with van der Waals surface area (Å²) < 4.78 is 14.5. The third-order valence-electron chi connectivity index (χ3n) is 2.95. The highest BCUT2D eigenvalue weighted by atomic mass is 79.9. The summed E-state index contributed by atoms with van der Waals surface area (Å²) in [5, 5.41) is 0.0468. The van der Waals surface area contributed by atoms with Crippen LogP contribution in [0.1, 0.15) is 24.8 Å². The van der Waals surface area contributed by atoms with E-state index in [1.165, 1.54) is 12.1 Å². The van der Waals surface area contributed by atoms with Crippen LogP contribution >= 0.6 is 27.5 Å². The highest BCUT2D eigenvalue weighted by Crippen LogP contribution is 2.49. The molecule has 2 rings (SSSR count). The second kappa shape index (κ2) is 4.28. The number of hydrogen-bond acceptors (Lipinski definition) is 2. The van der Waals surface area contributed by atoms with E-state index in [1.807, 2.05) is 0 Å². The molecular weight excluding hydrogens is 296 g/mol. The molecule has 0 heterocycles. The van der Waals surface area contributed by atoms with Gasteiger partial charge in [0.15, 0.2) is 0 Å². The van der Waals surface area contributed by atoms with Gasteiger partial charge in [0.1, 0.15) is 11.4 Å². The first kappa shape index (κ1) is 11.8. The fourth-order valence-corrected chi connectivity index (χ4v) is 2.80. The van der Waals surface area contributed by atoms with Gasteiger partial charge in [0.05, 0.1) is 5.02 Å². The molecule has 1 aliphatic rings. The van der Waals surface area contributed by atoms with Crippen LogP contribution in [-0.2, 0) is 10.3 Å². The van der Waals surface area contributed by atoms with Crippen molar-refractivity contribution in [3.05, 3.63) is 33.0 Å². The van der Waals surface area contributed by atoms with Crippen molar-refractivity contribution in [2.75, 3.05) is 0 Å². The van der Waals surface area contributed by atoms with E-state index in [-0.39, 0.29) is 5.02 Å². The van der Waals surface area contributed by atoms with E-state index in [2.05, 4.69) is 20.9 Å². The Labute approximate surface area is 106 Å². The van der Waals surface area contributed by atoms with Gasteiger partial charge in [-0.2, -0.15) is 4.99 Å². The first-order chi connectivity index (χ1) is 7.60. The molecule has 16 heavy (non-hydrogen) atoms. The largest absolute Gasteiger partial charge is 0.235 e. The van der Waals surface area contributed by atoms with Crippen LogP contribution in [0.3, 0.4) is 0 Å². The number of benzene rings is 1. The molecule has 1 saturated carbocycles. The van der Waals surface area contributed by atoms with Gasteiger partial charge in [0.2, 0.25) is 6.08 Å². The van der Waals surface area contributed by atoms with E-state index in [9.17, 15) is 9.18 Å². The summed E-state index contributed by atoms with van der Waals surface area (Å²) in [6.45, 7) is 0. The number of aliphatic imine (C=N–C) groups is 1. The van der Waals surface area contributed by atoms with Crippen LogP contribution in [0, 0.1) is 5.82 Å². The second-order valence-electron chi connectivity index (χ2n) is 3.81. The fraction of sp³-hybridized carbons (Fsp3) is 0.364. The SMILES string of the molecule is O=C=NC1(c2c(Br)ccc(Cl)c2F)CCC1. The average Bonchev–Trinajstić information content (AvgIpc) is 2.20. The molecule has 0 saturated heterocycles. The van der Waals surface area contributed by atoms with Gasteiger partial charge in [0.25, 0.3) is 0 Å². The van der Waals surface area contributed by atoms with Crippen LogP contribution in [0.4, 0.5) is 4.39 Å². The summed E-state index contributed by atoms with van der Waals surface area (Å²) in [5.74, 6) is -0.505. The van der Waals surface area contributed by atoms with Crippen molar-refractivity contribution in [1.82, 2.24) is 0 Å². The van der Waals surface area contributed by atoms with Gasteiger partial charge >= 0.3 is 0 Å². The van der Waals surface area contributed by atoms with Crippen molar-refractivity contribution in [3.8, 4) is 0 Å². The molecule has 0 radical (unpaired) electrons. The van der Waals surface area contributed by atoms with Crippen molar-refractivity contribution in [1.29, 1.82) is 0 Å². The van der Waals surface area contributed by atoms with Gasteiger partial charge < -0.3 is 0 Å². The topological polar surface area (TPSA) is 29.4 Å². The zero-order chi connectivity index (χ0) is 11.8. The minimum Gasteiger partial charge on any atom is -0.211 e. The number of halogens is 3. The van der Waals surface area contributed by atoms with Crippen LogP contribution in [0.25, 0.3) is 0 Å². The summed E-state index contributed by atoms with van der Waals surface area (Å²) in [5.41, 5.74) is -0.398. The van der Waals surface area contributed by atoms with E-state index in [4.69, 9.17) is 11.6 Å². The highest BCUT2D eigenvalue weighted by Gasteiger charge is 2.42. The fourth-order valence-electron chi connectivity index (χ4n) is 1.97. The maximum Gasteiger partial charge on any atom is 0.235 e. The predicted octanol–water partition coefficient (Wildman–Crippen LogP) is 3.96. The van der Waals surface area contributed by atoms with Gasteiger partial charge in [-0.25, -0.2) is 9.18 Å². The summed E-state index contributed by atoms with van der Waals surface area (Å²) >= 11 is 9.01. The number of hydrogen-bond donors (Lipinski definition) is 0. The minimum atomic E-state index is -0.768. The van der Waals surface area contributed by atoms with Gasteiger partial charge in [-0.05, 0) is 31.4 Å². The lowest BCUT2D eigenvalue weighted by Crippen LogP contribution is -2.33. The third-order valence-corrected chi connectivity index (χ3v) is 3.90. The lowest BCUT2D eigenvalue weighted by atomic mass is 9.72. The molecule has 2 nitrogen and oxygen atoms in total. The molecular formula is C11H8BrClFNO. The molecule has 0 spiro atoms. The number of rotatable bonds is 2. The average molecular weight is 305 g/mol. The monoisotopic (exact) mass is 303 g/mol. The van der Waals surface area contributed by atoms with Gasteiger partial charge in [0, 0.05) is 10.0 Å². The smallest absolute Gasteiger partial charge is 0.211 e. The molecule has 1 aliphatic carbocycles. The molecule has 1 aromatic carbocycles. The normalized spacial score (nSPS) is 17.4. The van der Waals surface area contributed by atoms with Gasteiger partial charge in [-0.15, -0.1) is 0 Å². The maximum atomic E-state index is 14.0. The van der Waals surface area contributed by atoms with Crippen LogP contribution in [-0.4, -0.2) is 6.08 Å². The second-order valence-corrected chi connectivity index (χ2v) is 5.07. The summed E-state index contributed by atoms with van der Waals surface area (Å²) in [7, 11) is 0. The van der Waals surface area contributed by atoms with E-state index in [0.29, 0.717) is 22.9 Å². The molecule has 1 aromatic rings. The Hall–Kier alpha value is -0.700. The van der Waals surface area contributed by atoms with E-state index < -0.39 is 11.4 Å². The molecule has 0 atom stereocenters. The molecule has 1 fully saturated rings. The quantitative estimate of drug-likeness (QED) is 0.462. The zero-order valence-corrected chi connectivity index (χ0v) is 10.6. The molecule has 0 unspecified atom stereocenters. The molecule has 0 aliphatic heterocycles. The Kier molecular flexibility index (Phi) is 3.15. The zero-order valence-electron chi connectivity index (χ0n) is 8.27. The van der Waals surface area contributed by atoms with Crippen molar-refractivity contribution < 1.29 is 9.18 Å². The van der Waals surface area contributed by atoms with Crippen molar-refractivity contribution in [2.45, 2.75) is 24.8 Å². The van der Waals surface area contributed by atoms with Gasteiger partial charge in [-0.3, -0.25) is 0 Å². The summed E-state index contributed by atoms with van der Waals surface area (Å²) in [4.78, 5) is 14.2. The molecule has 0 amide bonds. The summed E-state index contributed by atoms with van der Waals surface area (Å²) in [6.07, 6.45) is 3.75. The maximum absolute atomic E-state index is 14.0.